The van der Waals surface area contributed by atoms with Gasteiger partial charge in [-0.2, -0.15) is 0 Å². The maximum atomic E-state index is 4.20. The molecule has 0 N–H and O–H groups in total. The summed E-state index contributed by atoms with van der Waals surface area (Å²) in [6.07, 6.45) is 0. The molecule has 0 unspecified atom stereocenters. The van der Waals surface area contributed by atoms with Crippen molar-refractivity contribution in [3.63, 3.8) is 0 Å². The fourth-order valence-electron chi connectivity index (χ4n) is 1.12. The van der Waals surface area contributed by atoms with Crippen LogP contribution in [-0.2, 0) is 0 Å². The van der Waals surface area contributed by atoms with E-state index in [4.69, 9.17) is 0 Å². The van der Waals surface area contributed by atoms with Crippen LogP contribution in [0.4, 0.5) is 0 Å². The Morgan fingerprint density at radius 2 is 0.429 bits per heavy atom. The van der Waals surface area contributed by atoms with Gasteiger partial charge in [-0.1, -0.05) is 83.1 Å². The predicted molar refractivity (Wildman–Crippen MR) is 126 cm³/mol. The molecule has 0 radical (unpaired) electrons. The third kappa shape index (κ3) is 50.6. The van der Waals surface area contributed by atoms with Gasteiger partial charge in [-0.25, -0.2) is 0 Å². The van der Waals surface area contributed by atoms with Gasteiger partial charge in [0.1, 0.15) is 0 Å². The topological polar surface area (TPSA) is 84.6 Å². The Bertz CT molecular complexity index is 205. The molecule has 28 heavy (non-hydrogen) atoms. The van der Waals surface area contributed by atoms with Crippen LogP contribution in [0.2, 0.25) is 0 Å². The smallest absolute Gasteiger partial charge is 0 e. The Balaban J connectivity index is -0.000000152. The summed E-state index contributed by atoms with van der Waals surface area (Å²) in [5.41, 5.74) is 0. The van der Waals surface area contributed by atoms with Crippen LogP contribution in [0.1, 0.15) is 83.1 Å². The average Bonchev–Trinajstić information content (AvgIpc) is 2.46. The van der Waals surface area contributed by atoms with Crippen LogP contribution in [0.25, 0.3) is 31.9 Å². The summed E-state index contributed by atoms with van der Waals surface area (Å²) in [4.78, 5) is 0. The second-order valence-electron chi connectivity index (χ2n) is 8.08. The summed E-state index contributed by atoms with van der Waals surface area (Å²) in [7, 11) is 0. The first kappa shape index (κ1) is 36.5. The zero-order valence-corrected chi connectivity index (χ0v) is 23.9. The van der Waals surface area contributed by atoms with E-state index in [1.807, 2.05) is 0 Å². The molecule has 0 saturated carbocycles. The van der Waals surface area contributed by atoms with E-state index in [0.717, 1.165) is 0 Å². The summed E-state index contributed by atoms with van der Waals surface area (Å²) in [5.74, 6) is 0. The van der Waals surface area contributed by atoms with E-state index in [9.17, 15) is 0 Å². The van der Waals surface area contributed by atoms with Gasteiger partial charge in [0.25, 0.3) is 0 Å². The van der Waals surface area contributed by atoms with Crippen molar-refractivity contribution < 1.29 is 41.7 Å². The predicted octanol–water partition coefficient (Wildman–Crippen LogP) is 7.52. The standard InChI is InChI=1S/3C7H16N2.Ce/c3*1-6(2)8-5-9-7(3)4;/h3*6-7H,5H2,1-4H3;/q3*-2;. The van der Waals surface area contributed by atoms with Gasteiger partial charge >= 0.3 is 0 Å². The van der Waals surface area contributed by atoms with Crippen LogP contribution in [0.3, 0.4) is 0 Å². The second kappa shape index (κ2) is 26.2. The Hall–Kier alpha value is 1.14. The Morgan fingerprint density at radius 1 is 0.321 bits per heavy atom. The summed E-state index contributed by atoms with van der Waals surface area (Å²) in [6, 6.07) is 2.54. The van der Waals surface area contributed by atoms with Gasteiger partial charge in [0.05, 0.1) is 0 Å². The largest absolute Gasteiger partial charge is 0.678 e. The molecular weight excluding hydrogens is 476 g/mol. The van der Waals surface area contributed by atoms with Crippen LogP contribution >= 0.6 is 0 Å². The SMILES string of the molecule is CC(C)[N-]C[N-]C(C)C.CC(C)[N-]C[N-]C(C)C.CC(C)[N-]C[N-]C(C)C.[Ce]. The zero-order valence-electron chi connectivity index (χ0n) is 20.8. The molecule has 172 valence electrons. The minimum Gasteiger partial charge on any atom is -0.678 e. The Labute approximate surface area is 211 Å². The molecule has 0 amide bonds. The molecule has 0 fully saturated rings. The van der Waals surface area contributed by atoms with Gasteiger partial charge in [-0.15, -0.1) is 36.3 Å². The van der Waals surface area contributed by atoms with Crippen LogP contribution in [0, 0.1) is 41.7 Å². The number of rotatable bonds is 12. The quantitative estimate of drug-likeness (QED) is 0.253. The molecule has 0 aliphatic carbocycles. The molecule has 7 heteroatoms. The molecule has 0 aliphatic heterocycles. The third-order valence-electron chi connectivity index (χ3n) is 2.68. The van der Waals surface area contributed by atoms with Gasteiger partial charge in [0.2, 0.25) is 0 Å². The van der Waals surface area contributed by atoms with E-state index in [-0.39, 0.29) is 41.7 Å². The van der Waals surface area contributed by atoms with Gasteiger partial charge in [0, 0.05) is 41.7 Å². The van der Waals surface area contributed by atoms with Crippen molar-refractivity contribution in [1.29, 1.82) is 0 Å². The fraction of sp³-hybridized carbons (Fsp3) is 1.00. The molecule has 0 rings (SSSR count). The molecule has 0 aromatic carbocycles. The van der Waals surface area contributed by atoms with Crippen molar-refractivity contribution >= 4 is 0 Å². The first-order valence-electron chi connectivity index (χ1n) is 10.4. The normalized spacial score (nSPS) is 10.9. The van der Waals surface area contributed by atoms with Gasteiger partial charge < -0.3 is 31.9 Å². The Morgan fingerprint density at radius 3 is 0.500 bits per heavy atom. The summed E-state index contributed by atoms with van der Waals surface area (Å²) >= 11 is 0. The number of hydrogen-bond acceptors (Lipinski definition) is 0. The van der Waals surface area contributed by atoms with Crippen molar-refractivity contribution in [3.8, 4) is 0 Å². The average molecular weight is 525 g/mol. The van der Waals surface area contributed by atoms with Crippen LogP contribution in [0.15, 0.2) is 0 Å². The van der Waals surface area contributed by atoms with Crippen molar-refractivity contribution in [1.82, 2.24) is 0 Å². The van der Waals surface area contributed by atoms with Gasteiger partial charge in [0.15, 0.2) is 0 Å². The first-order valence-corrected chi connectivity index (χ1v) is 10.4. The third-order valence-corrected chi connectivity index (χ3v) is 2.68. The first-order chi connectivity index (χ1) is 12.4. The van der Waals surface area contributed by atoms with Crippen molar-refractivity contribution in [2.45, 2.75) is 119 Å². The summed E-state index contributed by atoms with van der Waals surface area (Å²) in [6.45, 7) is 26.8. The number of hydrogen-bond donors (Lipinski definition) is 0. The van der Waals surface area contributed by atoms with E-state index >= 15 is 0 Å². The molecule has 0 bridgehead atoms. The van der Waals surface area contributed by atoms with Crippen LogP contribution in [-0.4, -0.2) is 56.3 Å². The molecule has 0 spiro atoms. The fourth-order valence-corrected chi connectivity index (χ4v) is 1.12. The maximum Gasteiger partial charge on any atom is 0 e. The van der Waals surface area contributed by atoms with E-state index in [0.29, 0.717) is 56.3 Å². The van der Waals surface area contributed by atoms with Crippen molar-refractivity contribution in [3.05, 3.63) is 31.9 Å². The maximum absolute atomic E-state index is 4.20. The number of nitrogens with zero attached hydrogens (tertiary/aromatic N) is 6. The Kier molecular flexibility index (Phi) is 34.1. The zero-order chi connectivity index (χ0) is 21.8. The minimum absolute atomic E-state index is 0. The molecule has 0 aromatic rings. The minimum atomic E-state index is 0. The van der Waals surface area contributed by atoms with E-state index in [1.165, 1.54) is 0 Å². The van der Waals surface area contributed by atoms with Gasteiger partial charge in [-0.05, 0) is 0 Å². The summed E-state index contributed by atoms with van der Waals surface area (Å²) < 4.78 is 0. The molecule has 0 aliphatic rings. The van der Waals surface area contributed by atoms with Crippen LogP contribution < -0.4 is 0 Å². The molecule has 0 aromatic heterocycles. The van der Waals surface area contributed by atoms with Crippen LogP contribution in [0.5, 0.6) is 0 Å². The van der Waals surface area contributed by atoms with Crippen molar-refractivity contribution in [2.75, 3.05) is 20.0 Å². The molecule has 0 heterocycles. The molecule has 0 saturated heterocycles. The molecule has 0 atom stereocenters. The second-order valence-corrected chi connectivity index (χ2v) is 8.08. The van der Waals surface area contributed by atoms with E-state index in [2.05, 4.69) is 115 Å². The molecule has 6 nitrogen and oxygen atoms in total. The van der Waals surface area contributed by atoms with Gasteiger partial charge in [-0.3, -0.25) is 20.0 Å². The monoisotopic (exact) mass is 524 g/mol. The van der Waals surface area contributed by atoms with Crippen molar-refractivity contribution in [2.24, 2.45) is 0 Å². The van der Waals surface area contributed by atoms with E-state index in [1.54, 1.807) is 0 Å². The summed E-state index contributed by atoms with van der Waals surface area (Å²) in [5, 5.41) is 25.2. The van der Waals surface area contributed by atoms with E-state index < -0.39 is 0 Å². The molecular formula is C21H48CeN6-6.